The first-order valence-corrected chi connectivity index (χ1v) is 9.45. The lowest BCUT2D eigenvalue weighted by atomic mass is 10.7. The first kappa shape index (κ1) is 9.85. The van der Waals surface area contributed by atoms with Crippen molar-refractivity contribution in [1.82, 2.24) is 4.67 Å². The molecule has 0 aliphatic rings. The summed E-state index contributed by atoms with van der Waals surface area (Å²) in [5.41, 5.74) is 0. The topological polar surface area (TPSA) is 3.24 Å². The van der Waals surface area contributed by atoms with Gasteiger partial charge in [0.25, 0.3) is 0 Å². The van der Waals surface area contributed by atoms with E-state index in [9.17, 15) is 0 Å². The Labute approximate surface area is 78.4 Å². The van der Waals surface area contributed by atoms with Gasteiger partial charge in [-0.3, -0.25) is 4.67 Å². The van der Waals surface area contributed by atoms with Crippen LogP contribution in [-0.2, 0) is 0 Å². The smallest absolute Gasteiger partial charge is 0.0968 e. The highest BCUT2D eigenvalue weighted by Crippen LogP contribution is 2.56. The standard InChI is InChI=1S/C4H10I2NP/c1-3-7(4-2)8(5)6/h3-4H2,1-2H3. The van der Waals surface area contributed by atoms with E-state index in [-0.39, 0.29) is 3.36 Å². The van der Waals surface area contributed by atoms with Crippen molar-refractivity contribution in [3.63, 3.8) is 0 Å². The second-order valence-electron chi connectivity index (χ2n) is 1.35. The van der Waals surface area contributed by atoms with Gasteiger partial charge in [-0.15, -0.1) is 0 Å². The van der Waals surface area contributed by atoms with E-state index in [4.69, 9.17) is 0 Å². The Morgan fingerprint density at radius 2 is 1.62 bits per heavy atom. The summed E-state index contributed by atoms with van der Waals surface area (Å²) in [6.45, 7) is 6.79. The molecule has 0 fully saturated rings. The van der Waals surface area contributed by atoms with Crippen LogP contribution in [0.15, 0.2) is 0 Å². The van der Waals surface area contributed by atoms with Crippen molar-refractivity contribution in [1.29, 1.82) is 0 Å². The molecular formula is C4H10I2NP. The van der Waals surface area contributed by atoms with Crippen LogP contribution in [0.3, 0.4) is 0 Å². The summed E-state index contributed by atoms with van der Waals surface area (Å²) >= 11 is 4.96. The molecule has 0 aliphatic carbocycles. The minimum atomic E-state index is 0.109. The van der Waals surface area contributed by atoms with Crippen LogP contribution in [0.2, 0.25) is 0 Å². The Morgan fingerprint density at radius 1 is 1.25 bits per heavy atom. The van der Waals surface area contributed by atoms with Crippen LogP contribution in [0, 0.1) is 0 Å². The van der Waals surface area contributed by atoms with Gasteiger partial charge in [0, 0.05) is 13.1 Å². The monoisotopic (exact) mass is 357 g/mol. The van der Waals surface area contributed by atoms with E-state index in [2.05, 4.69) is 62.6 Å². The fraction of sp³-hybridized carbons (Fsp3) is 1.00. The van der Waals surface area contributed by atoms with Gasteiger partial charge >= 0.3 is 0 Å². The van der Waals surface area contributed by atoms with Gasteiger partial charge in [-0.2, -0.15) is 0 Å². The van der Waals surface area contributed by atoms with Crippen molar-refractivity contribution in [2.24, 2.45) is 0 Å². The molecule has 0 amide bonds. The summed E-state index contributed by atoms with van der Waals surface area (Å²) in [6, 6.07) is 0. The summed E-state index contributed by atoms with van der Waals surface area (Å²) in [5, 5.41) is 0. The van der Waals surface area contributed by atoms with E-state index in [1.807, 2.05) is 0 Å². The van der Waals surface area contributed by atoms with Gasteiger partial charge in [-0.1, -0.05) is 13.8 Å². The zero-order valence-electron chi connectivity index (χ0n) is 5.06. The number of hydrogen-bond donors (Lipinski definition) is 0. The fourth-order valence-electron chi connectivity index (χ4n) is 0.437. The normalized spacial score (nSPS) is 11.2. The Kier molecular flexibility index (Phi) is 6.92. The number of halogens is 2. The Balaban J connectivity index is 3.35. The van der Waals surface area contributed by atoms with E-state index < -0.39 is 0 Å². The molecule has 0 saturated carbocycles. The maximum atomic E-state index is 2.48. The zero-order chi connectivity index (χ0) is 6.57. The summed E-state index contributed by atoms with van der Waals surface area (Å²) in [6.07, 6.45) is 0. The summed E-state index contributed by atoms with van der Waals surface area (Å²) in [7, 11) is 0. The molecule has 0 aromatic heterocycles. The molecule has 8 heavy (non-hydrogen) atoms. The number of hydrogen-bond acceptors (Lipinski definition) is 1. The maximum Gasteiger partial charge on any atom is 0.0968 e. The molecule has 0 spiro atoms. The van der Waals surface area contributed by atoms with E-state index >= 15 is 0 Å². The highest BCUT2D eigenvalue weighted by atomic mass is 127. The Morgan fingerprint density at radius 3 is 1.62 bits per heavy atom. The lowest BCUT2D eigenvalue weighted by Gasteiger charge is -2.18. The van der Waals surface area contributed by atoms with Crippen LogP contribution in [0.5, 0.6) is 0 Å². The van der Waals surface area contributed by atoms with Gasteiger partial charge in [-0.25, -0.2) is 0 Å². The van der Waals surface area contributed by atoms with Crippen molar-refractivity contribution in [2.45, 2.75) is 13.8 Å². The van der Waals surface area contributed by atoms with Crippen LogP contribution in [0.4, 0.5) is 0 Å². The molecule has 0 N–H and O–H groups in total. The maximum absolute atomic E-state index is 2.48. The highest BCUT2D eigenvalue weighted by Gasteiger charge is 2.04. The van der Waals surface area contributed by atoms with E-state index in [0.29, 0.717) is 0 Å². The third-order valence-electron chi connectivity index (χ3n) is 0.944. The molecule has 0 aromatic rings. The summed E-state index contributed by atoms with van der Waals surface area (Å²) in [5.74, 6) is 0. The molecule has 0 radical (unpaired) electrons. The summed E-state index contributed by atoms with van der Waals surface area (Å²) in [4.78, 5) is 0. The number of nitrogens with zero attached hydrogens (tertiary/aromatic N) is 1. The molecule has 1 nitrogen and oxygen atoms in total. The molecule has 0 rings (SSSR count). The first-order chi connectivity index (χ1) is 3.72. The van der Waals surface area contributed by atoms with Crippen LogP contribution >= 0.6 is 47.4 Å². The summed E-state index contributed by atoms with van der Waals surface area (Å²) < 4.78 is 2.56. The lowest BCUT2D eigenvalue weighted by molar-refractivity contribution is 0.522. The van der Waals surface area contributed by atoms with Crippen LogP contribution in [0.25, 0.3) is 0 Å². The lowest BCUT2D eigenvalue weighted by Crippen LogP contribution is -2.11. The third-order valence-corrected chi connectivity index (χ3v) is 5.60. The minimum absolute atomic E-state index is 0.109. The fourth-order valence-corrected chi connectivity index (χ4v) is 4.53. The van der Waals surface area contributed by atoms with Crippen molar-refractivity contribution < 1.29 is 0 Å². The molecule has 0 atom stereocenters. The zero-order valence-corrected chi connectivity index (χ0v) is 10.3. The first-order valence-electron chi connectivity index (χ1n) is 2.58. The van der Waals surface area contributed by atoms with E-state index in [1.54, 1.807) is 0 Å². The van der Waals surface area contributed by atoms with Crippen molar-refractivity contribution >= 4 is 47.4 Å². The predicted molar refractivity (Wildman–Crippen MR) is 57.9 cm³/mol. The van der Waals surface area contributed by atoms with Gasteiger partial charge in [0.15, 0.2) is 0 Å². The highest BCUT2D eigenvalue weighted by molar-refractivity contribution is 14.3. The van der Waals surface area contributed by atoms with Gasteiger partial charge in [-0.05, 0) is 44.1 Å². The SMILES string of the molecule is CCN(CC)P(I)I. The van der Waals surface area contributed by atoms with Gasteiger partial charge in [0.05, 0.1) is 3.36 Å². The second-order valence-corrected chi connectivity index (χ2v) is 13.4. The average Bonchev–Trinajstić information content (AvgIpc) is 1.69. The van der Waals surface area contributed by atoms with Gasteiger partial charge in [0.2, 0.25) is 0 Å². The van der Waals surface area contributed by atoms with E-state index in [0.717, 1.165) is 0 Å². The molecule has 0 unspecified atom stereocenters. The second kappa shape index (κ2) is 5.62. The Hall–Kier alpha value is 1.85. The molecular weight excluding hydrogens is 347 g/mol. The van der Waals surface area contributed by atoms with Crippen LogP contribution in [0.1, 0.15) is 13.8 Å². The third kappa shape index (κ3) is 3.80. The van der Waals surface area contributed by atoms with Gasteiger partial charge in [0.1, 0.15) is 0 Å². The van der Waals surface area contributed by atoms with Crippen molar-refractivity contribution in [2.75, 3.05) is 13.1 Å². The van der Waals surface area contributed by atoms with E-state index in [1.165, 1.54) is 13.1 Å². The molecule has 0 saturated heterocycles. The molecule has 0 bridgehead atoms. The minimum Gasteiger partial charge on any atom is -0.267 e. The molecule has 0 aromatic carbocycles. The quantitative estimate of drug-likeness (QED) is 0.553. The Bertz CT molecular complexity index is 56.0. The van der Waals surface area contributed by atoms with Gasteiger partial charge < -0.3 is 0 Å². The van der Waals surface area contributed by atoms with Crippen LogP contribution < -0.4 is 0 Å². The predicted octanol–water partition coefficient (Wildman–Crippen LogP) is 3.43. The largest absolute Gasteiger partial charge is 0.267 e. The molecule has 50 valence electrons. The van der Waals surface area contributed by atoms with Crippen molar-refractivity contribution in [3.8, 4) is 0 Å². The van der Waals surface area contributed by atoms with Crippen molar-refractivity contribution in [3.05, 3.63) is 0 Å². The molecule has 0 aliphatic heterocycles. The average molecular weight is 357 g/mol. The van der Waals surface area contributed by atoms with Crippen LogP contribution in [-0.4, -0.2) is 17.8 Å². The number of rotatable bonds is 3. The molecule has 0 heterocycles. The molecule has 4 heteroatoms.